The summed E-state index contributed by atoms with van der Waals surface area (Å²) in [5.41, 5.74) is 7.36. The Bertz CT molecular complexity index is 155. The molecular formula is C7H14AcNO4-. The Hall–Kier alpha value is 1.24. The second kappa shape index (κ2) is 5.96. The van der Waals surface area contributed by atoms with Crippen LogP contribution in [0, 0.1) is 44.1 Å². The zero-order valence-electron chi connectivity index (χ0n) is 7.42. The minimum Gasteiger partial charge on any atom is -0.670 e. The van der Waals surface area contributed by atoms with Crippen LogP contribution in [-0.4, -0.2) is 52.4 Å². The van der Waals surface area contributed by atoms with E-state index >= 15 is 0 Å². The van der Waals surface area contributed by atoms with Crippen molar-refractivity contribution in [2.75, 3.05) is 6.61 Å². The number of aliphatic hydroxyl groups excluding tert-OH is 3. The van der Waals surface area contributed by atoms with E-state index in [4.69, 9.17) is 15.6 Å². The molecule has 0 saturated carbocycles. The molecule has 4 unspecified atom stereocenters. The van der Waals surface area contributed by atoms with E-state index in [1.165, 1.54) is 0 Å². The van der Waals surface area contributed by atoms with E-state index in [1.54, 1.807) is 6.92 Å². The summed E-state index contributed by atoms with van der Waals surface area (Å²) in [4.78, 5) is 0. The predicted molar refractivity (Wildman–Crippen MR) is 41.5 cm³/mol. The van der Waals surface area contributed by atoms with Gasteiger partial charge in [0, 0.05) is 50.2 Å². The van der Waals surface area contributed by atoms with Crippen LogP contribution in [-0.2, 0) is 4.74 Å². The number of rotatable bonds is 1. The molecule has 4 N–H and O–H groups in total. The molecule has 1 rings (SSSR count). The molecule has 0 amide bonds. The summed E-state index contributed by atoms with van der Waals surface area (Å²) >= 11 is 0. The smallest absolute Gasteiger partial charge is 0.109 e. The fourth-order valence-corrected chi connectivity index (χ4v) is 1.30. The molecule has 0 aromatic heterocycles. The van der Waals surface area contributed by atoms with Gasteiger partial charge < -0.3 is 25.8 Å². The summed E-state index contributed by atoms with van der Waals surface area (Å²) in [6, 6.07) is -0.845. The molecule has 0 aromatic rings. The second-order valence-electron chi connectivity index (χ2n) is 3.07. The van der Waals surface area contributed by atoms with E-state index in [1.807, 2.05) is 0 Å². The van der Waals surface area contributed by atoms with Crippen LogP contribution in [0.4, 0.5) is 0 Å². The van der Waals surface area contributed by atoms with Crippen molar-refractivity contribution in [3.05, 3.63) is 5.73 Å². The molecule has 0 bridgehead atoms. The normalized spacial score (nSPS) is 45.5. The van der Waals surface area contributed by atoms with Crippen molar-refractivity contribution in [3.8, 4) is 0 Å². The van der Waals surface area contributed by atoms with Gasteiger partial charge in [0.15, 0.2) is 0 Å². The molecule has 1 heterocycles. The predicted octanol–water partition coefficient (Wildman–Crippen LogP) is -1.09. The van der Waals surface area contributed by atoms with Crippen LogP contribution in [0.15, 0.2) is 0 Å². The fourth-order valence-electron chi connectivity index (χ4n) is 1.30. The van der Waals surface area contributed by atoms with Crippen LogP contribution < -0.4 is 0 Å². The first kappa shape index (κ1) is 14.2. The number of aliphatic hydroxyl groups is 3. The van der Waals surface area contributed by atoms with Gasteiger partial charge in [0.2, 0.25) is 0 Å². The minimum absolute atomic E-state index is 0. The van der Waals surface area contributed by atoms with E-state index < -0.39 is 30.5 Å². The van der Waals surface area contributed by atoms with Crippen molar-refractivity contribution in [1.29, 1.82) is 0 Å². The summed E-state index contributed by atoms with van der Waals surface area (Å²) in [7, 11) is 0. The molecule has 5 atom stereocenters. The third-order valence-corrected chi connectivity index (χ3v) is 2.17. The van der Waals surface area contributed by atoms with E-state index in [9.17, 15) is 10.2 Å². The van der Waals surface area contributed by atoms with Crippen molar-refractivity contribution < 1.29 is 64.1 Å². The van der Waals surface area contributed by atoms with Gasteiger partial charge in [-0.1, -0.05) is 6.04 Å². The van der Waals surface area contributed by atoms with Crippen molar-refractivity contribution >= 4 is 0 Å². The van der Waals surface area contributed by atoms with Gasteiger partial charge in [-0.2, -0.15) is 0 Å². The summed E-state index contributed by atoms with van der Waals surface area (Å²) < 4.78 is 5.08. The summed E-state index contributed by atoms with van der Waals surface area (Å²) in [5.74, 6) is 0. The van der Waals surface area contributed by atoms with E-state index in [0.717, 1.165) is 0 Å². The first-order valence-corrected chi connectivity index (χ1v) is 3.91. The van der Waals surface area contributed by atoms with Gasteiger partial charge in [0.05, 0.1) is 12.7 Å². The molecule has 1 radical (unpaired) electrons. The second-order valence-corrected chi connectivity index (χ2v) is 3.07. The molecule has 0 spiro atoms. The molecule has 1 aliphatic heterocycles. The van der Waals surface area contributed by atoms with E-state index in [-0.39, 0.29) is 50.7 Å². The Morgan fingerprint density at radius 2 is 1.85 bits per heavy atom. The van der Waals surface area contributed by atoms with Crippen molar-refractivity contribution in [3.63, 3.8) is 0 Å². The zero-order valence-corrected chi connectivity index (χ0v) is 12.2. The minimum atomic E-state index is -1.16. The fraction of sp³-hybridized carbons (Fsp3) is 1.00. The van der Waals surface area contributed by atoms with Crippen LogP contribution >= 0.6 is 0 Å². The van der Waals surface area contributed by atoms with Gasteiger partial charge in [-0.15, -0.1) is 0 Å². The summed E-state index contributed by atoms with van der Waals surface area (Å²) in [6.07, 6.45) is -3.52. The van der Waals surface area contributed by atoms with E-state index in [2.05, 4.69) is 0 Å². The van der Waals surface area contributed by atoms with Gasteiger partial charge >= 0.3 is 0 Å². The Balaban J connectivity index is 0.00000144. The maximum Gasteiger partial charge on any atom is 0.109 e. The SMILES string of the molecule is C[C@@H]1OC(CO)C(O)C(O)C1[NH-].[Ac]. The maximum absolute atomic E-state index is 9.29. The number of hydrogen-bond acceptors (Lipinski definition) is 4. The van der Waals surface area contributed by atoms with Gasteiger partial charge in [0.25, 0.3) is 0 Å². The van der Waals surface area contributed by atoms with Crippen LogP contribution in [0.25, 0.3) is 5.73 Å². The van der Waals surface area contributed by atoms with Crippen LogP contribution in [0.1, 0.15) is 6.92 Å². The largest absolute Gasteiger partial charge is 0.670 e. The molecule has 13 heavy (non-hydrogen) atoms. The topological polar surface area (TPSA) is 93.7 Å². The van der Waals surface area contributed by atoms with Gasteiger partial charge in [0.1, 0.15) is 12.2 Å². The van der Waals surface area contributed by atoms with E-state index in [0.29, 0.717) is 0 Å². The molecule has 75 valence electrons. The average Bonchev–Trinajstić information content (AvgIpc) is 2.08. The Labute approximate surface area is 113 Å². The molecule has 1 aliphatic rings. The number of ether oxygens (including phenoxy) is 1. The summed E-state index contributed by atoms with van der Waals surface area (Å²) in [6.45, 7) is 1.30. The third kappa shape index (κ3) is 3.10. The molecule has 1 fully saturated rings. The van der Waals surface area contributed by atoms with Gasteiger partial charge in [-0.25, -0.2) is 0 Å². The maximum atomic E-state index is 9.29. The van der Waals surface area contributed by atoms with Crippen molar-refractivity contribution in [2.24, 2.45) is 0 Å². The van der Waals surface area contributed by atoms with Crippen LogP contribution in [0.2, 0.25) is 0 Å². The standard InChI is InChI=1S/C7H14NO4.Ac/c1-3-5(8)7(11)6(10)4(2-9)12-3;/h3-11H,2H2,1H3;/q-1;/t3-,4?,5?,6?,7?;/m0./s1. The monoisotopic (exact) mass is 403 g/mol. The van der Waals surface area contributed by atoms with Gasteiger partial charge in [-0.3, -0.25) is 0 Å². The van der Waals surface area contributed by atoms with Crippen molar-refractivity contribution in [2.45, 2.75) is 37.4 Å². The number of nitrogens with one attached hydrogen (secondary N) is 1. The molecule has 5 nitrogen and oxygen atoms in total. The molecule has 6 heteroatoms. The Kier molecular flexibility index (Phi) is 6.53. The van der Waals surface area contributed by atoms with Crippen LogP contribution in [0.5, 0.6) is 0 Å². The average molecular weight is 403 g/mol. The first-order chi connectivity index (χ1) is 5.57. The molecule has 1 saturated heterocycles. The summed E-state index contributed by atoms with van der Waals surface area (Å²) in [5, 5.41) is 27.3. The molecule has 0 aliphatic carbocycles. The van der Waals surface area contributed by atoms with Gasteiger partial charge in [-0.05, 0) is 6.92 Å². The Morgan fingerprint density at radius 3 is 2.31 bits per heavy atom. The molecule has 0 aromatic carbocycles. The number of hydrogen-bond donors (Lipinski definition) is 3. The first-order valence-electron chi connectivity index (χ1n) is 3.91. The third-order valence-electron chi connectivity index (χ3n) is 2.17. The van der Waals surface area contributed by atoms with Crippen molar-refractivity contribution in [1.82, 2.24) is 0 Å². The van der Waals surface area contributed by atoms with Crippen LogP contribution in [0.3, 0.4) is 0 Å². The quantitative estimate of drug-likeness (QED) is 0.519. The zero-order chi connectivity index (χ0) is 9.30. The molecular weight excluding hydrogens is 389 g/mol. The Morgan fingerprint density at radius 1 is 1.31 bits per heavy atom.